The third kappa shape index (κ3) is 3.51. The summed E-state index contributed by atoms with van der Waals surface area (Å²) >= 11 is 0. The number of H-pyrrole nitrogens is 1. The third-order valence-electron chi connectivity index (χ3n) is 7.18. The van der Waals surface area contributed by atoms with Crippen LogP contribution in [0.1, 0.15) is 30.5 Å². The number of fused-ring (bicyclic) bond motifs is 2. The van der Waals surface area contributed by atoms with E-state index in [2.05, 4.69) is 40.4 Å². The number of phenolic OH excluding ortho intramolecular Hbond substituents is 1. The summed E-state index contributed by atoms with van der Waals surface area (Å²) in [6, 6.07) is 14.2. The number of aromatic amines is 1. The number of nitrogens with zero attached hydrogens (tertiary/aromatic N) is 2. The van der Waals surface area contributed by atoms with E-state index in [9.17, 15) is 9.90 Å². The van der Waals surface area contributed by atoms with Gasteiger partial charge in [0.25, 0.3) is 0 Å². The largest absolute Gasteiger partial charge is 0.508 e. The van der Waals surface area contributed by atoms with Crippen LogP contribution in [0.15, 0.2) is 54.7 Å². The van der Waals surface area contributed by atoms with Gasteiger partial charge < -0.3 is 15.0 Å². The Bertz CT molecular complexity index is 1170. The second-order valence-electron chi connectivity index (χ2n) is 8.87. The quantitative estimate of drug-likeness (QED) is 0.617. The lowest BCUT2D eigenvalue weighted by Gasteiger charge is -2.42. The van der Waals surface area contributed by atoms with Gasteiger partial charge in [-0.05, 0) is 61.1 Å². The van der Waals surface area contributed by atoms with Gasteiger partial charge in [-0.25, -0.2) is 0 Å². The van der Waals surface area contributed by atoms with Crippen molar-refractivity contribution < 1.29 is 9.90 Å². The number of phenols is 1. The summed E-state index contributed by atoms with van der Waals surface area (Å²) < 4.78 is 0. The molecule has 0 bridgehead atoms. The highest BCUT2D eigenvalue weighted by Gasteiger charge is 2.37. The molecular formula is C27H31N3O2. The highest BCUT2D eigenvalue weighted by atomic mass is 16.3. The average Bonchev–Trinajstić information content (AvgIpc) is 3.23. The van der Waals surface area contributed by atoms with Gasteiger partial charge in [-0.1, -0.05) is 36.4 Å². The molecule has 5 nitrogen and oxygen atoms in total. The van der Waals surface area contributed by atoms with Gasteiger partial charge in [-0.3, -0.25) is 9.69 Å². The summed E-state index contributed by atoms with van der Waals surface area (Å²) in [6.07, 6.45) is 6.08. The highest BCUT2D eigenvalue weighted by Crippen LogP contribution is 2.41. The molecule has 3 aromatic rings. The van der Waals surface area contributed by atoms with E-state index in [0.717, 1.165) is 43.6 Å². The fourth-order valence-electron chi connectivity index (χ4n) is 5.48. The molecule has 2 aromatic carbocycles. The summed E-state index contributed by atoms with van der Waals surface area (Å²) in [6.45, 7) is 7.07. The smallest absolute Gasteiger partial charge is 0.230 e. The molecule has 166 valence electrons. The lowest BCUT2D eigenvalue weighted by atomic mass is 9.79. The van der Waals surface area contributed by atoms with E-state index in [0.29, 0.717) is 12.3 Å². The maximum absolute atomic E-state index is 13.4. The maximum atomic E-state index is 13.4. The molecule has 0 spiro atoms. The van der Waals surface area contributed by atoms with Crippen molar-refractivity contribution in [2.24, 2.45) is 5.92 Å². The van der Waals surface area contributed by atoms with Crippen molar-refractivity contribution in [3.8, 4) is 5.75 Å². The van der Waals surface area contributed by atoms with Gasteiger partial charge in [0.15, 0.2) is 0 Å². The minimum Gasteiger partial charge on any atom is -0.508 e. The van der Waals surface area contributed by atoms with Gasteiger partial charge in [0.05, 0.1) is 5.92 Å². The van der Waals surface area contributed by atoms with Crippen molar-refractivity contribution in [2.45, 2.75) is 32.7 Å². The number of rotatable bonds is 6. The zero-order valence-corrected chi connectivity index (χ0v) is 18.8. The van der Waals surface area contributed by atoms with Crippen LogP contribution in [-0.2, 0) is 17.6 Å². The number of hydrogen-bond acceptors (Lipinski definition) is 3. The predicted octanol–water partition coefficient (Wildman–Crippen LogP) is 4.22. The van der Waals surface area contributed by atoms with Gasteiger partial charge >= 0.3 is 0 Å². The number of aromatic hydroxyl groups is 1. The zero-order valence-electron chi connectivity index (χ0n) is 18.8. The SMILES string of the molecule is CCN(CC)C(=O)[C@@H]1C=C2c3cccc4[nH]cc(c34)C[C@H]2N(CCc2ccccc2O)C1. The molecule has 2 aliphatic rings. The fraction of sp³-hybridized carbons (Fsp3) is 0.370. The number of nitrogens with one attached hydrogen (secondary N) is 1. The van der Waals surface area contributed by atoms with Gasteiger partial charge in [0, 0.05) is 49.3 Å². The summed E-state index contributed by atoms with van der Waals surface area (Å²) in [5.74, 6) is 0.402. The zero-order chi connectivity index (χ0) is 22.2. The van der Waals surface area contributed by atoms with Crippen molar-refractivity contribution in [3.63, 3.8) is 0 Å². The number of benzene rings is 2. The number of aromatic nitrogens is 1. The van der Waals surface area contributed by atoms with Crippen LogP contribution >= 0.6 is 0 Å². The second-order valence-corrected chi connectivity index (χ2v) is 8.87. The minimum atomic E-state index is -0.152. The molecule has 0 saturated carbocycles. The van der Waals surface area contributed by atoms with E-state index < -0.39 is 0 Å². The fourth-order valence-corrected chi connectivity index (χ4v) is 5.48. The third-order valence-corrected chi connectivity index (χ3v) is 7.18. The van der Waals surface area contributed by atoms with Crippen molar-refractivity contribution in [1.82, 2.24) is 14.8 Å². The molecule has 0 unspecified atom stereocenters. The number of para-hydroxylation sites is 1. The van der Waals surface area contributed by atoms with Crippen LogP contribution in [0.2, 0.25) is 0 Å². The number of amides is 1. The summed E-state index contributed by atoms with van der Waals surface area (Å²) in [5.41, 5.74) is 5.99. The van der Waals surface area contributed by atoms with Crippen LogP contribution in [0, 0.1) is 5.92 Å². The van der Waals surface area contributed by atoms with Crippen LogP contribution in [0.4, 0.5) is 0 Å². The van der Waals surface area contributed by atoms with E-state index in [1.807, 2.05) is 36.9 Å². The van der Waals surface area contributed by atoms with Crippen molar-refractivity contribution in [3.05, 3.63) is 71.4 Å². The van der Waals surface area contributed by atoms with E-state index in [-0.39, 0.29) is 17.9 Å². The van der Waals surface area contributed by atoms with Gasteiger partial charge in [0.2, 0.25) is 5.91 Å². The monoisotopic (exact) mass is 429 g/mol. The van der Waals surface area contributed by atoms with Crippen LogP contribution in [0.25, 0.3) is 16.5 Å². The van der Waals surface area contributed by atoms with Gasteiger partial charge in [-0.2, -0.15) is 0 Å². The predicted molar refractivity (Wildman–Crippen MR) is 129 cm³/mol. The number of hydrogen-bond donors (Lipinski definition) is 2. The first kappa shape index (κ1) is 20.8. The average molecular weight is 430 g/mol. The Labute approximate surface area is 189 Å². The normalized spacial score (nSPS) is 20.1. The van der Waals surface area contributed by atoms with Gasteiger partial charge in [0.1, 0.15) is 5.75 Å². The molecule has 0 saturated heterocycles. The number of carbonyl (C=O) groups excluding carboxylic acids is 1. The lowest BCUT2D eigenvalue weighted by Crippen LogP contribution is -2.49. The van der Waals surface area contributed by atoms with E-state index in [1.54, 1.807) is 6.07 Å². The Morgan fingerprint density at radius 1 is 1.16 bits per heavy atom. The molecule has 32 heavy (non-hydrogen) atoms. The van der Waals surface area contributed by atoms with E-state index in [1.165, 1.54) is 22.1 Å². The molecule has 1 aliphatic heterocycles. The van der Waals surface area contributed by atoms with E-state index in [4.69, 9.17) is 0 Å². The van der Waals surface area contributed by atoms with Crippen LogP contribution in [0.5, 0.6) is 5.75 Å². The molecule has 0 radical (unpaired) electrons. The Hall–Kier alpha value is -3.05. The van der Waals surface area contributed by atoms with Gasteiger partial charge in [-0.15, -0.1) is 0 Å². The van der Waals surface area contributed by atoms with Crippen molar-refractivity contribution >= 4 is 22.4 Å². The Morgan fingerprint density at radius 3 is 2.75 bits per heavy atom. The summed E-state index contributed by atoms with van der Waals surface area (Å²) in [4.78, 5) is 21.2. The number of carbonyl (C=O) groups is 1. The summed E-state index contributed by atoms with van der Waals surface area (Å²) in [5, 5.41) is 11.6. The molecule has 1 aliphatic carbocycles. The molecule has 2 atom stereocenters. The summed E-state index contributed by atoms with van der Waals surface area (Å²) in [7, 11) is 0. The van der Waals surface area contributed by atoms with Crippen LogP contribution in [0.3, 0.4) is 0 Å². The molecule has 5 rings (SSSR count). The molecular weight excluding hydrogens is 398 g/mol. The Morgan fingerprint density at radius 2 is 1.97 bits per heavy atom. The van der Waals surface area contributed by atoms with Crippen molar-refractivity contribution in [1.29, 1.82) is 0 Å². The topological polar surface area (TPSA) is 59.6 Å². The first-order valence-corrected chi connectivity index (χ1v) is 11.7. The minimum absolute atomic E-state index is 0.152. The Kier molecular flexibility index (Phi) is 5.51. The van der Waals surface area contributed by atoms with Crippen LogP contribution < -0.4 is 0 Å². The standard InChI is InChI=1S/C27H31N3O2/c1-3-29(4-2)27(32)20-14-22-21-9-7-10-23-26(21)19(16-28-23)15-24(22)30(17-20)13-12-18-8-5-6-11-25(18)31/h5-11,14,16,20,24,28,31H,3-4,12-13,15,17H2,1-2H3/t20-,24-/m1/s1. The maximum Gasteiger partial charge on any atom is 0.230 e. The first-order valence-electron chi connectivity index (χ1n) is 11.7. The second kappa shape index (κ2) is 8.47. The first-order chi connectivity index (χ1) is 15.6. The molecule has 2 N–H and O–H groups in total. The van der Waals surface area contributed by atoms with E-state index >= 15 is 0 Å². The molecule has 1 amide bonds. The molecule has 1 aromatic heterocycles. The van der Waals surface area contributed by atoms with Crippen LogP contribution in [-0.4, -0.2) is 58.0 Å². The molecule has 5 heteroatoms. The lowest BCUT2D eigenvalue weighted by molar-refractivity contribution is -0.134. The van der Waals surface area contributed by atoms with Crippen molar-refractivity contribution in [2.75, 3.05) is 26.2 Å². The highest BCUT2D eigenvalue weighted by molar-refractivity contribution is 5.99. The molecule has 0 fully saturated rings. The Balaban J connectivity index is 1.52. The molecule has 2 heterocycles.